The first-order chi connectivity index (χ1) is 16.9. The monoisotopic (exact) mass is 528 g/mol. The number of hydrogen-bond donors (Lipinski definition) is 2. The molecule has 0 atom stereocenters. The van der Waals surface area contributed by atoms with Crippen LogP contribution >= 0.6 is 0 Å². The Morgan fingerprint density at radius 2 is 1.47 bits per heavy atom. The van der Waals surface area contributed by atoms with Gasteiger partial charge in [-0.3, -0.25) is 19.6 Å². The summed E-state index contributed by atoms with van der Waals surface area (Å²) in [6.07, 6.45) is 0. The van der Waals surface area contributed by atoms with E-state index in [2.05, 4.69) is 9.55 Å². The van der Waals surface area contributed by atoms with Crippen LogP contribution in [-0.2, 0) is 20.0 Å². The Morgan fingerprint density at radius 3 is 2.14 bits per heavy atom. The van der Waals surface area contributed by atoms with E-state index in [0.717, 1.165) is 22.4 Å². The van der Waals surface area contributed by atoms with E-state index in [4.69, 9.17) is 0 Å². The number of pyridine rings is 1. The number of nitro groups is 1. The molecule has 4 rings (SSSR count). The van der Waals surface area contributed by atoms with Gasteiger partial charge >= 0.3 is 0 Å². The molecule has 0 aliphatic rings. The highest BCUT2D eigenvalue weighted by Crippen LogP contribution is 2.27. The molecule has 11 nitrogen and oxygen atoms in total. The number of benzene rings is 3. The van der Waals surface area contributed by atoms with E-state index < -0.39 is 36.2 Å². The number of anilines is 1. The molecule has 186 valence electrons. The van der Waals surface area contributed by atoms with Crippen molar-refractivity contribution in [3.8, 4) is 0 Å². The van der Waals surface area contributed by atoms with Crippen LogP contribution in [0.4, 0.5) is 11.4 Å². The second-order valence-corrected chi connectivity index (χ2v) is 11.3. The fourth-order valence-electron chi connectivity index (χ4n) is 3.51. The van der Waals surface area contributed by atoms with E-state index in [1.807, 2.05) is 0 Å². The van der Waals surface area contributed by atoms with E-state index in [1.165, 1.54) is 55.5 Å². The van der Waals surface area contributed by atoms with Crippen molar-refractivity contribution < 1.29 is 21.8 Å². The predicted molar refractivity (Wildman–Crippen MR) is 135 cm³/mol. The van der Waals surface area contributed by atoms with Crippen LogP contribution in [-0.4, -0.2) is 26.4 Å². The molecule has 0 bridgehead atoms. The number of nitro benzene ring substituents is 1. The molecule has 3 aromatic carbocycles. The van der Waals surface area contributed by atoms with Crippen molar-refractivity contribution in [3.63, 3.8) is 0 Å². The van der Waals surface area contributed by atoms with Crippen molar-refractivity contribution in [2.45, 2.75) is 23.6 Å². The van der Waals surface area contributed by atoms with Crippen molar-refractivity contribution in [3.05, 3.63) is 105 Å². The minimum absolute atomic E-state index is 0.0514. The zero-order chi connectivity index (χ0) is 26.3. The molecule has 0 unspecified atom stereocenters. The van der Waals surface area contributed by atoms with Crippen molar-refractivity contribution in [1.29, 1.82) is 0 Å². The van der Waals surface area contributed by atoms with Crippen LogP contribution in [0.3, 0.4) is 0 Å². The van der Waals surface area contributed by atoms with Gasteiger partial charge in [0.2, 0.25) is 0 Å². The normalized spacial score (nSPS) is 11.8. The lowest BCUT2D eigenvalue weighted by Crippen LogP contribution is -2.34. The number of rotatable bonds is 7. The molecular weight excluding hydrogens is 508 g/mol. The highest BCUT2D eigenvalue weighted by Gasteiger charge is 2.22. The molecule has 0 saturated carbocycles. The third-order valence-electron chi connectivity index (χ3n) is 5.37. The Labute approximate surface area is 206 Å². The van der Waals surface area contributed by atoms with Crippen molar-refractivity contribution in [2.75, 3.05) is 9.55 Å². The number of nitrogens with one attached hydrogen (secondary N) is 2. The molecule has 0 aliphatic heterocycles. The molecule has 0 aliphatic carbocycles. The first-order valence-electron chi connectivity index (χ1n) is 10.4. The summed E-state index contributed by atoms with van der Waals surface area (Å²) < 4.78 is 54.6. The molecule has 13 heteroatoms. The topological polar surface area (TPSA) is 157 Å². The number of aromatic nitrogens is 1. The summed E-state index contributed by atoms with van der Waals surface area (Å²) >= 11 is 0. The van der Waals surface area contributed by atoms with E-state index in [9.17, 15) is 31.7 Å². The molecular formula is C23H20N4O7S2. The summed E-state index contributed by atoms with van der Waals surface area (Å²) in [7, 11) is -8.44. The van der Waals surface area contributed by atoms with Crippen LogP contribution in [0.15, 0.2) is 87.4 Å². The summed E-state index contributed by atoms with van der Waals surface area (Å²) in [5.74, 6) is 0. The van der Waals surface area contributed by atoms with Gasteiger partial charge in [-0.25, -0.2) is 17.9 Å². The maximum atomic E-state index is 13.2. The zero-order valence-electron chi connectivity index (χ0n) is 19.0. The van der Waals surface area contributed by atoms with Gasteiger partial charge in [-0.05, 0) is 55.6 Å². The molecule has 0 radical (unpaired) electrons. The fraction of sp³-hybridized carbons (Fsp3) is 0.0870. The first kappa shape index (κ1) is 24.9. The highest BCUT2D eigenvalue weighted by atomic mass is 32.2. The summed E-state index contributed by atoms with van der Waals surface area (Å²) in [6, 6.07) is 16.5. The number of sulfonamides is 2. The molecule has 1 heterocycles. The van der Waals surface area contributed by atoms with Gasteiger partial charge in [0.05, 0.1) is 20.1 Å². The van der Waals surface area contributed by atoms with Crippen LogP contribution < -0.4 is 15.1 Å². The van der Waals surface area contributed by atoms with Crippen LogP contribution in [0, 0.1) is 24.0 Å². The quantitative estimate of drug-likeness (QED) is 0.275. The van der Waals surface area contributed by atoms with E-state index in [0.29, 0.717) is 5.39 Å². The zero-order valence-corrected chi connectivity index (χ0v) is 20.6. The van der Waals surface area contributed by atoms with Crippen LogP contribution in [0.2, 0.25) is 0 Å². The van der Waals surface area contributed by atoms with Gasteiger partial charge in [-0.1, -0.05) is 35.9 Å². The standard InChI is InChI=1S/C23H20N4O7S2/c1-15-7-10-18(11-8-15)36(33,34)25-26-16(2)13-17-9-12-19(14-20(17)23(26)28)35(31,32)24-21-5-3-4-6-22(21)27(29)30/h3-14,24-25H,1-2H3. The van der Waals surface area contributed by atoms with Crippen molar-refractivity contribution in [2.24, 2.45) is 0 Å². The number of fused-ring (bicyclic) bond motifs is 1. The third-order valence-corrected chi connectivity index (χ3v) is 8.05. The van der Waals surface area contributed by atoms with Gasteiger partial charge in [-0.2, -0.15) is 8.42 Å². The molecule has 36 heavy (non-hydrogen) atoms. The van der Waals surface area contributed by atoms with Gasteiger partial charge in [0.15, 0.2) is 0 Å². The fourth-order valence-corrected chi connectivity index (χ4v) is 5.68. The van der Waals surface area contributed by atoms with Crippen molar-refractivity contribution in [1.82, 2.24) is 4.68 Å². The van der Waals surface area contributed by atoms with E-state index >= 15 is 0 Å². The summed E-state index contributed by atoms with van der Waals surface area (Å²) in [5, 5.41) is 11.5. The molecule has 1 aromatic heterocycles. The first-order valence-corrected chi connectivity index (χ1v) is 13.4. The highest BCUT2D eigenvalue weighted by molar-refractivity contribution is 7.93. The number of hydrogen-bond acceptors (Lipinski definition) is 7. The van der Waals surface area contributed by atoms with Gasteiger partial charge in [0.25, 0.3) is 31.3 Å². The Balaban J connectivity index is 1.77. The van der Waals surface area contributed by atoms with Gasteiger partial charge in [0, 0.05) is 11.8 Å². The SMILES string of the molecule is Cc1ccc(S(=O)(=O)Nn2c(C)cc3ccc(S(=O)(=O)Nc4ccccc4[N+](=O)[O-])cc3c2=O)cc1. The van der Waals surface area contributed by atoms with Gasteiger partial charge in [0.1, 0.15) is 5.69 Å². The summed E-state index contributed by atoms with van der Waals surface area (Å²) in [6.45, 7) is 3.33. The molecule has 0 saturated heterocycles. The minimum atomic E-state index is -4.32. The largest absolute Gasteiger partial charge is 0.293 e. The maximum absolute atomic E-state index is 13.2. The Kier molecular flexibility index (Phi) is 6.28. The Bertz CT molecular complexity index is 1780. The van der Waals surface area contributed by atoms with E-state index in [1.54, 1.807) is 19.1 Å². The smallest absolute Gasteiger partial charge is 0.273 e. The van der Waals surface area contributed by atoms with Crippen LogP contribution in [0.5, 0.6) is 0 Å². The van der Waals surface area contributed by atoms with Gasteiger partial charge in [-0.15, -0.1) is 0 Å². The van der Waals surface area contributed by atoms with Crippen LogP contribution in [0.1, 0.15) is 11.3 Å². The molecule has 0 fully saturated rings. The number of aryl methyl sites for hydroxylation is 2. The minimum Gasteiger partial charge on any atom is -0.273 e. The second-order valence-electron chi connectivity index (χ2n) is 7.96. The van der Waals surface area contributed by atoms with Crippen LogP contribution in [0.25, 0.3) is 10.8 Å². The number of nitrogens with zero attached hydrogens (tertiary/aromatic N) is 2. The third kappa shape index (κ3) is 4.78. The molecule has 4 aromatic rings. The lowest BCUT2D eigenvalue weighted by molar-refractivity contribution is -0.383. The van der Waals surface area contributed by atoms with Crippen molar-refractivity contribution >= 4 is 42.2 Å². The molecule has 2 N–H and O–H groups in total. The molecule has 0 spiro atoms. The van der Waals surface area contributed by atoms with E-state index in [-0.39, 0.29) is 26.6 Å². The lowest BCUT2D eigenvalue weighted by Gasteiger charge is -2.15. The predicted octanol–water partition coefficient (Wildman–Crippen LogP) is 3.26. The summed E-state index contributed by atoms with van der Waals surface area (Å²) in [4.78, 5) is 25.6. The average molecular weight is 529 g/mol. The number of para-hydroxylation sites is 2. The van der Waals surface area contributed by atoms with Gasteiger partial charge < -0.3 is 0 Å². The second kappa shape index (κ2) is 9.09. The maximum Gasteiger partial charge on any atom is 0.293 e. The Morgan fingerprint density at radius 1 is 0.833 bits per heavy atom. The Hall–Kier alpha value is -4.23. The summed E-state index contributed by atoms with van der Waals surface area (Å²) in [5.41, 5.74) is -0.337. The average Bonchev–Trinajstić information content (AvgIpc) is 2.82. The molecule has 0 amide bonds. The lowest BCUT2D eigenvalue weighted by atomic mass is 10.1.